The highest BCUT2D eigenvalue weighted by molar-refractivity contribution is 7.27. The van der Waals surface area contributed by atoms with Gasteiger partial charge >= 0.3 is 0 Å². The zero-order chi connectivity index (χ0) is 24.8. The summed E-state index contributed by atoms with van der Waals surface area (Å²) in [4.78, 5) is 26.7. The Balaban J connectivity index is 1.58. The maximum absolute atomic E-state index is 13.8. The second kappa shape index (κ2) is 11.5. The van der Waals surface area contributed by atoms with Crippen molar-refractivity contribution in [2.24, 2.45) is 0 Å². The van der Waals surface area contributed by atoms with E-state index in [4.69, 9.17) is 9.84 Å². The first kappa shape index (κ1) is 25.5. The summed E-state index contributed by atoms with van der Waals surface area (Å²) < 4.78 is 5.73. The average Bonchev–Trinajstić information content (AvgIpc) is 2.85. The van der Waals surface area contributed by atoms with E-state index in [9.17, 15) is 9.59 Å². The predicted octanol–water partition coefficient (Wildman–Crippen LogP) is 5.42. The van der Waals surface area contributed by atoms with Crippen molar-refractivity contribution in [1.29, 1.82) is 0 Å². The minimum atomic E-state index is -0.602. The van der Waals surface area contributed by atoms with Gasteiger partial charge in [0.05, 0.1) is 12.0 Å². The van der Waals surface area contributed by atoms with E-state index in [1.807, 2.05) is 18.2 Å². The smallest absolute Gasteiger partial charge is 0.186 e. The van der Waals surface area contributed by atoms with Crippen molar-refractivity contribution >= 4 is 26.1 Å². The Morgan fingerprint density at radius 3 is 2.63 bits per heavy atom. The lowest BCUT2D eigenvalue weighted by Crippen LogP contribution is -2.38. The maximum atomic E-state index is 13.8. The van der Waals surface area contributed by atoms with Crippen molar-refractivity contribution in [2.75, 3.05) is 13.2 Å². The molecule has 2 atom stereocenters. The largest absolute Gasteiger partial charge is 0.493 e. The summed E-state index contributed by atoms with van der Waals surface area (Å²) in [5.74, 6) is 0.890. The van der Waals surface area contributed by atoms with Gasteiger partial charge in [-0.25, -0.2) is 0 Å². The van der Waals surface area contributed by atoms with Gasteiger partial charge < -0.3 is 9.84 Å². The van der Waals surface area contributed by atoms with Gasteiger partial charge in [-0.2, -0.15) is 0 Å². The fraction of sp³-hybridized carbons (Fsp3) is 0.400. The molecule has 35 heavy (non-hydrogen) atoms. The molecule has 0 amide bonds. The van der Waals surface area contributed by atoms with Crippen LogP contribution in [0, 0.1) is 0 Å². The van der Waals surface area contributed by atoms with Gasteiger partial charge in [-0.1, -0.05) is 49.3 Å². The van der Waals surface area contributed by atoms with Gasteiger partial charge in [0.15, 0.2) is 11.6 Å². The van der Waals surface area contributed by atoms with Crippen LogP contribution in [0.25, 0.3) is 0 Å². The van der Waals surface area contributed by atoms with Crippen LogP contribution in [0.15, 0.2) is 66.3 Å². The molecule has 0 heterocycles. The van der Waals surface area contributed by atoms with E-state index in [0.717, 1.165) is 59.7 Å². The highest BCUT2D eigenvalue weighted by atomic mass is 31.0. The van der Waals surface area contributed by atoms with Crippen LogP contribution < -0.4 is 10.0 Å². The number of hydrogen-bond acceptors (Lipinski definition) is 4. The third-order valence-electron chi connectivity index (χ3n) is 7.34. The van der Waals surface area contributed by atoms with Crippen LogP contribution in [0.3, 0.4) is 0 Å². The van der Waals surface area contributed by atoms with E-state index in [2.05, 4.69) is 40.1 Å². The van der Waals surface area contributed by atoms with E-state index in [-0.39, 0.29) is 18.2 Å². The van der Waals surface area contributed by atoms with Crippen LogP contribution in [0.4, 0.5) is 0 Å². The Bertz CT molecular complexity index is 1130. The van der Waals surface area contributed by atoms with Crippen molar-refractivity contribution in [2.45, 2.75) is 63.2 Å². The van der Waals surface area contributed by atoms with Crippen molar-refractivity contribution < 1.29 is 19.4 Å². The zero-order valence-corrected chi connectivity index (χ0v) is 21.5. The molecule has 2 aromatic rings. The molecule has 0 aliphatic heterocycles. The minimum absolute atomic E-state index is 0.0120. The molecule has 5 heteroatoms. The van der Waals surface area contributed by atoms with Gasteiger partial charge in [0, 0.05) is 18.6 Å². The lowest BCUT2D eigenvalue weighted by molar-refractivity contribution is -0.121. The van der Waals surface area contributed by atoms with Gasteiger partial charge in [-0.3, -0.25) is 9.59 Å². The highest BCUT2D eigenvalue weighted by Gasteiger charge is 2.41. The summed E-state index contributed by atoms with van der Waals surface area (Å²) in [6, 6.07) is 13.8. The fourth-order valence-corrected chi connectivity index (χ4v) is 5.55. The quantitative estimate of drug-likeness (QED) is 0.305. The molecular weight excluding hydrogens is 455 g/mol. The first-order valence-electron chi connectivity index (χ1n) is 12.6. The number of rotatable bonds is 8. The molecule has 4 rings (SSSR count). The number of carbonyl (C=O) groups excluding carboxylic acids is 2. The number of fused-ring (bicyclic) bond motifs is 1. The molecule has 2 aliphatic rings. The first-order valence-corrected chi connectivity index (χ1v) is 13.2. The summed E-state index contributed by atoms with van der Waals surface area (Å²) in [6.45, 7) is 4.69. The molecule has 2 aliphatic carbocycles. The molecule has 1 saturated carbocycles. The number of hydrogen-bond donors (Lipinski definition) is 1. The summed E-state index contributed by atoms with van der Waals surface area (Å²) >= 11 is 0. The molecule has 1 fully saturated rings. The SMILES string of the molecule is C=C1CCCCCC(CCC2=CC(=O)c3ccc(OCCCO)cc3C2)(c2ccc(P)cc2)C1=O. The molecule has 184 valence electrons. The predicted molar refractivity (Wildman–Crippen MR) is 144 cm³/mol. The van der Waals surface area contributed by atoms with Crippen LogP contribution in [-0.2, 0) is 16.6 Å². The molecule has 1 N–H and O–H groups in total. The van der Waals surface area contributed by atoms with Gasteiger partial charge in [-0.15, -0.1) is 9.24 Å². The molecule has 0 saturated heterocycles. The van der Waals surface area contributed by atoms with Crippen LogP contribution in [0.2, 0.25) is 0 Å². The summed E-state index contributed by atoms with van der Waals surface area (Å²) in [5, 5.41) is 10.1. The van der Waals surface area contributed by atoms with Crippen molar-refractivity contribution in [3.05, 3.63) is 83.0 Å². The second-order valence-electron chi connectivity index (χ2n) is 9.79. The van der Waals surface area contributed by atoms with Crippen molar-refractivity contribution in [1.82, 2.24) is 0 Å². The number of benzene rings is 2. The third kappa shape index (κ3) is 5.82. The lowest BCUT2D eigenvalue weighted by Gasteiger charge is -2.36. The summed E-state index contributed by atoms with van der Waals surface area (Å²) in [6.07, 6.45) is 9.05. The van der Waals surface area contributed by atoms with E-state index in [0.29, 0.717) is 43.6 Å². The number of Topliss-reactive ketones (excluding diaryl/α,β-unsaturated/α-hetero) is 1. The van der Waals surface area contributed by atoms with E-state index in [1.54, 1.807) is 6.08 Å². The van der Waals surface area contributed by atoms with E-state index >= 15 is 0 Å². The summed E-state index contributed by atoms with van der Waals surface area (Å²) in [7, 11) is 2.71. The fourth-order valence-electron chi connectivity index (χ4n) is 5.36. The lowest BCUT2D eigenvalue weighted by atomic mass is 9.66. The van der Waals surface area contributed by atoms with Gasteiger partial charge in [0.25, 0.3) is 0 Å². The number of aliphatic hydroxyl groups is 1. The Morgan fingerprint density at radius 1 is 1.06 bits per heavy atom. The number of carbonyl (C=O) groups is 2. The van der Waals surface area contributed by atoms with Crippen LogP contribution in [-0.4, -0.2) is 29.9 Å². The van der Waals surface area contributed by atoms with Gasteiger partial charge in [0.1, 0.15) is 5.75 Å². The maximum Gasteiger partial charge on any atom is 0.186 e. The Morgan fingerprint density at radius 2 is 1.86 bits per heavy atom. The molecule has 4 nitrogen and oxygen atoms in total. The monoisotopic (exact) mass is 490 g/mol. The van der Waals surface area contributed by atoms with E-state index < -0.39 is 5.41 Å². The average molecular weight is 491 g/mol. The van der Waals surface area contributed by atoms with Crippen LogP contribution in [0.5, 0.6) is 5.75 Å². The molecule has 0 radical (unpaired) electrons. The molecule has 0 aromatic heterocycles. The first-order chi connectivity index (χ1) is 16.9. The number of allylic oxidation sites excluding steroid dienone is 3. The highest BCUT2D eigenvalue weighted by Crippen LogP contribution is 2.42. The number of ether oxygens (including phenoxy) is 1. The third-order valence-corrected chi connectivity index (χ3v) is 7.73. The van der Waals surface area contributed by atoms with Crippen molar-refractivity contribution in [3.63, 3.8) is 0 Å². The molecule has 2 unspecified atom stereocenters. The molecule has 2 aromatic carbocycles. The molecule has 0 bridgehead atoms. The van der Waals surface area contributed by atoms with E-state index in [1.165, 1.54) is 0 Å². The molecule has 0 spiro atoms. The minimum Gasteiger partial charge on any atom is -0.493 e. The standard InChI is InChI=1S/C30H35O4P/c1-21-6-3-2-4-14-30(29(21)33,24-7-10-26(35)11-8-24)15-13-22-18-23-20-25(34-17-5-16-31)9-12-27(23)28(32)19-22/h7-12,19-20,31H,1-6,13-18,35H2. The Kier molecular flexibility index (Phi) is 8.36. The van der Waals surface area contributed by atoms with Crippen molar-refractivity contribution in [3.8, 4) is 5.75 Å². The van der Waals surface area contributed by atoms with Crippen LogP contribution >= 0.6 is 9.24 Å². The Labute approximate surface area is 210 Å². The number of aliphatic hydroxyl groups excluding tert-OH is 1. The van der Waals surface area contributed by atoms with Gasteiger partial charge in [-0.05, 0) is 84.8 Å². The zero-order valence-electron chi connectivity index (χ0n) is 20.4. The Hall–Kier alpha value is -2.55. The van der Waals surface area contributed by atoms with Gasteiger partial charge in [0.2, 0.25) is 0 Å². The second-order valence-corrected chi connectivity index (χ2v) is 10.5. The number of ketones is 2. The topological polar surface area (TPSA) is 63.6 Å². The molecular formula is C30H35O4P. The van der Waals surface area contributed by atoms with Crippen LogP contribution in [0.1, 0.15) is 72.9 Å². The normalized spacial score (nSPS) is 20.6. The summed E-state index contributed by atoms with van der Waals surface area (Å²) in [5.41, 5.74) is 3.91.